The van der Waals surface area contributed by atoms with Crippen molar-refractivity contribution in [2.75, 3.05) is 13.7 Å². The van der Waals surface area contributed by atoms with Gasteiger partial charge in [-0.15, -0.1) is 0 Å². The van der Waals surface area contributed by atoms with Crippen LogP contribution < -0.4 is 5.32 Å². The fourth-order valence-electron chi connectivity index (χ4n) is 3.46. The molecule has 0 radical (unpaired) electrons. The van der Waals surface area contributed by atoms with Crippen molar-refractivity contribution >= 4 is 40.8 Å². The smallest absolute Gasteiger partial charge is 0.342 e. The summed E-state index contributed by atoms with van der Waals surface area (Å²) in [6, 6.07) is 8.62. The first-order chi connectivity index (χ1) is 14.3. The summed E-state index contributed by atoms with van der Waals surface area (Å²) in [5, 5.41) is 4.51. The molecule has 0 fully saturated rings. The summed E-state index contributed by atoms with van der Waals surface area (Å²) in [5.41, 5.74) is 1.32. The average Bonchev–Trinajstić information content (AvgIpc) is 2.70. The van der Waals surface area contributed by atoms with Gasteiger partial charge in [0.05, 0.1) is 7.11 Å². The molecule has 30 heavy (non-hydrogen) atoms. The van der Waals surface area contributed by atoms with Crippen LogP contribution in [0.4, 0.5) is 0 Å². The molecule has 0 heterocycles. The molecule has 1 aromatic rings. The second kappa shape index (κ2) is 15.3. The lowest BCUT2D eigenvalue weighted by Gasteiger charge is -2.20. The molecule has 0 saturated carbocycles. The minimum absolute atomic E-state index is 0.389. The molecule has 172 valence electrons. The van der Waals surface area contributed by atoms with Gasteiger partial charge in [-0.25, -0.2) is 4.79 Å². The third-order valence-electron chi connectivity index (χ3n) is 5.35. The van der Waals surface area contributed by atoms with Gasteiger partial charge in [0, 0.05) is 11.1 Å². The maximum absolute atomic E-state index is 11.4. The Morgan fingerprint density at radius 3 is 2.10 bits per heavy atom. The van der Waals surface area contributed by atoms with Crippen LogP contribution in [-0.2, 0) is 9.53 Å². The molecule has 0 saturated heterocycles. The largest absolute Gasteiger partial charge is 0.467 e. The molecule has 1 aromatic carbocycles. The van der Waals surface area contributed by atoms with E-state index in [1.807, 2.05) is 12.1 Å². The number of hydrogen-bond acceptors (Lipinski definition) is 3. The van der Waals surface area contributed by atoms with E-state index in [0.29, 0.717) is 18.4 Å². The highest BCUT2D eigenvalue weighted by Crippen LogP contribution is 2.29. The molecule has 6 heteroatoms. The van der Waals surface area contributed by atoms with E-state index >= 15 is 0 Å². The first-order valence-corrected chi connectivity index (χ1v) is 12.3. The van der Waals surface area contributed by atoms with E-state index in [1.165, 1.54) is 44.8 Å². The van der Waals surface area contributed by atoms with Gasteiger partial charge in [-0.05, 0) is 55.8 Å². The highest BCUT2D eigenvalue weighted by Gasteiger charge is 2.33. The van der Waals surface area contributed by atoms with Crippen LogP contribution in [0.15, 0.2) is 24.3 Å². The summed E-state index contributed by atoms with van der Waals surface area (Å²) in [6.07, 6.45) is 10.6. The summed E-state index contributed by atoms with van der Waals surface area (Å²) in [4.78, 5) is 11.4. The summed E-state index contributed by atoms with van der Waals surface area (Å²) >= 11 is 18.0. The van der Waals surface area contributed by atoms with Crippen molar-refractivity contribution in [3.05, 3.63) is 34.9 Å². The number of benzene rings is 1. The Kier molecular flexibility index (Phi) is 14.1. The molecular weight excluding hydrogens is 441 g/mol. The number of carbonyl (C=O) groups excluding carboxylic acids is 1. The molecule has 0 spiro atoms. The Morgan fingerprint density at radius 2 is 1.53 bits per heavy atom. The van der Waals surface area contributed by atoms with Crippen LogP contribution >= 0.6 is 34.8 Å². The number of hydrogen-bond donors (Lipinski definition) is 1. The Labute approximate surface area is 198 Å². The van der Waals surface area contributed by atoms with Crippen molar-refractivity contribution in [3.63, 3.8) is 0 Å². The molecule has 1 atom stereocenters. The Bertz CT molecular complexity index is 591. The van der Waals surface area contributed by atoms with Crippen LogP contribution in [-0.4, -0.2) is 24.0 Å². The number of carbonyl (C=O) groups is 1. The number of ether oxygens (including phenoxy) is 1. The van der Waals surface area contributed by atoms with Crippen molar-refractivity contribution in [3.8, 4) is 0 Å². The summed E-state index contributed by atoms with van der Waals surface area (Å²) in [7, 11) is 1.30. The zero-order valence-corrected chi connectivity index (χ0v) is 21.0. The lowest BCUT2D eigenvalue weighted by Crippen LogP contribution is -2.27. The number of methoxy groups -OCH3 is 1. The van der Waals surface area contributed by atoms with Gasteiger partial charge >= 0.3 is 5.97 Å². The first kappa shape index (κ1) is 27.6. The molecule has 0 aliphatic heterocycles. The minimum Gasteiger partial charge on any atom is -0.467 e. The highest BCUT2D eigenvalue weighted by atomic mass is 35.5. The van der Waals surface area contributed by atoms with Crippen LogP contribution in [0.1, 0.15) is 89.7 Å². The standard InChI is InChI=1S/C24H38Cl3NO2/c1-19(2)16-18-28-22(20-12-14-21(25)15-13-20)11-9-7-5-4-6-8-10-17-24(26,27)23(29)30-3/h12-15,19,22,28H,4-11,16-18H2,1-3H3. The maximum Gasteiger partial charge on any atom is 0.342 e. The van der Waals surface area contributed by atoms with Crippen molar-refractivity contribution in [2.45, 2.75) is 88.4 Å². The summed E-state index contributed by atoms with van der Waals surface area (Å²) in [5.74, 6) is 0.141. The SMILES string of the molecule is COC(=O)C(Cl)(Cl)CCCCCCCCCC(NCCC(C)C)c1ccc(Cl)cc1. The van der Waals surface area contributed by atoms with Gasteiger partial charge in [-0.1, -0.05) is 99.3 Å². The third kappa shape index (κ3) is 11.8. The van der Waals surface area contributed by atoms with Gasteiger partial charge in [0.25, 0.3) is 0 Å². The first-order valence-electron chi connectivity index (χ1n) is 11.2. The van der Waals surface area contributed by atoms with Gasteiger partial charge in [-0.3, -0.25) is 0 Å². The van der Waals surface area contributed by atoms with E-state index in [2.05, 4.69) is 36.0 Å². The van der Waals surface area contributed by atoms with Crippen molar-refractivity contribution in [2.24, 2.45) is 5.92 Å². The molecule has 1 unspecified atom stereocenters. The second-order valence-electron chi connectivity index (χ2n) is 8.45. The van der Waals surface area contributed by atoms with E-state index in [-0.39, 0.29) is 0 Å². The second-order valence-corrected chi connectivity index (χ2v) is 10.4. The van der Waals surface area contributed by atoms with E-state index in [1.54, 1.807) is 0 Å². The van der Waals surface area contributed by atoms with Crippen LogP contribution in [0.25, 0.3) is 0 Å². The highest BCUT2D eigenvalue weighted by molar-refractivity contribution is 6.57. The van der Waals surface area contributed by atoms with Gasteiger partial charge in [0.2, 0.25) is 4.33 Å². The summed E-state index contributed by atoms with van der Waals surface area (Å²) < 4.78 is 3.21. The molecule has 1 rings (SSSR count). The number of halogens is 3. The van der Waals surface area contributed by atoms with Gasteiger partial charge < -0.3 is 10.1 Å². The molecular formula is C24H38Cl3NO2. The number of unbranched alkanes of at least 4 members (excludes halogenated alkanes) is 6. The lowest BCUT2D eigenvalue weighted by molar-refractivity contribution is -0.141. The normalized spacial score (nSPS) is 12.9. The fraction of sp³-hybridized carbons (Fsp3) is 0.708. The van der Waals surface area contributed by atoms with Crippen LogP contribution in [0.3, 0.4) is 0 Å². The molecule has 0 aromatic heterocycles. The average molecular weight is 479 g/mol. The summed E-state index contributed by atoms with van der Waals surface area (Å²) in [6.45, 7) is 5.56. The molecule has 0 aliphatic rings. The van der Waals surface area contributed by atoms with Gasteiger partial charge in [0.1, 0.15) is 0 Å². The van der Waals surface area contributed by atoms with Crippen LogP contribution in [0.5, 0.6) is 0 Å². The lowest BCUT2D eigenvalue weighted by atomic mass is 9.98. The fourth-order valence-corrected chi connectivity index (χ4v) is 4.01. The van der Waals surface area contributed by atoms with E-state index in [4.69, 9.17) is 34.8 Å². The Morgan fingerprint density at radius 1 is 0.967 bits per heavy atom. The monoisotopic (exact) mass is 477 g/mol. The molecule has 1 N–H and O–H groups in total. The van der Waals surface area contributed by atoms with Crippen LogP contribution in [0, 0.1) is 5.92 Å². The van der Waals surface area contributed by atoms with E-state index in [9.17, 15) is 4.79 Å². The van der Waals surface area contributed by atoms with E-state index in [0.717, 1.165) is 37.3 Å². The number of esters is 1. The zero-order valence-electron chi connectivity index (χ0n) is 18.7. The van der Waals surface area contributed by atoms with Gasteiger partial charge in [-0.2, -0.15) is 0 Å². The maximum atomic E-state index is 11.4. The molecule has 0 aliphatic carbocycles. The Hall–Kier alpha value is -0.480. The van der Waals surface area contributed by atoms with Crippen molar-refractivity contribution in [1.82, 2.24) is 5.32 Å². The minimum atomic E-state index is -1.41. The number of alkyl halides is 2. The molecule has 0 bridgehead atoms. The number of nitrogens with one attached hydrogen (secondary N) is 1. The van der Waals surface area contributed by atoms with Crippen LogP contribution in [0.2, 0.25) is 5.02 Å². The van der Waals surface area contributed by atoms with Gasteiger partial charge in [0.15, 0.2) is 0 Å². The zero-order chi connectivity index (χ0) is 22.4. The molecule has 3 nitrogen and oxygen atoms in total. The number of rotatable bonds is 16. The topological polar surface area (TPSA) is 38.3 Å². The van der Waals surface area contributed by atoms with E-state index < -0.39 is 10.3 Å². The van der Waals surface area contributed by atoms with Crippen molar-refractivity contribution in [1.29, 1.82) is 0 Å². The predicted molar refractivity (Wildman–Crippen MR) is 130 cm³/mol. The predicted octanol–water partition coefficient (Wildman–Crippen LogP) is 7.87. The Balaban J connectivity index is 2.23. The quantitative estimate of drug-likeness (QED) is 0.149. The van der Waals surface area contributed by atoms with Crippen molar-refractivity contribution < 1.29 is 9.53 Å². The molecule has 0 amide bonds. The third-order valence-corrected chi connectivity index (χ3v) is 6.29.